The number of para-hydroxylation sites is 1. The summed E-state index contributed by atoms with van der Waals surface area (Å²) < 4.78 is 6.23. The van der Waals surface area contributed by atoms with Crippen LogP contribution >= 0.6 is 0 Å². The number of hydrogen-bond acceptors (Lipinski definition) is 2. The van der Waals surface area contributed by atoms with Gasteiger partial charge in [-0.05, 0) is 76.6 Å². The van der Waals surface area contributed by atoms with Crippen molar-refractivity contribution in [3.63, 3.8) is 0 Å². The second kappa shape index (κ2) is 8.82. The van der Waals surface area contributed by atoms with Gasteiger partial charge in [0.25, 0.3) is 0 Å². The third kappa shape index (κ3) is 3.76. The van der Waals surface area contributed by atoms with Gasteiger partial charge in [0.1, 0.15) is 11.2 Å². The van der Waals surface area contributed by atoms with Crippen LogP contribution in [0.15, 0.2) is 132 Å². The van der Waals surface area contributed by atoms with E-state index in [1.807, 2.05) is 18.2 Å². The van der Waals surface area contributed by atoms with Crippen LogP contribution in [0, 0.1) is 0 Å². The number of pyridine rings is 1. The molecule has 1 aliphatic rings. The molecule has 2 aromatic heterocycles. The number of aryl methyl sites for hydroxylation is 2. The molecule has 7 aromatic rings. The summed E-state index contributed by atoms with van der Waals surface area (Å²) in [7, 11) is 0. The standard InChI is InChI=1S/C37H25NO/c1-3-9-24(10-4-1)34-21-29(22-35(38-34)25-11-5-2-6-12-25)26-17-18-30-27(19-26)15-16-28-20-33-31-13-7-8-14-36(31)39-37(33)23-32(28)30/h1-14,17-23H,15-16H2. The van der Waals surface area contributed by atoms with Crippen molar-refractivity contribution >= 4 is 21.9 Å². The second-order valence-corrected chi connectivity index (χ2v) is 10.3. The molecule has 0 atom stereocenters. The van der Waals surface area contributed by atoms with Gasteiger partial charge in [-0.2, -0.15) is 0 Å². The Hall–Kier alpha value is -4.95. The normalized spacial score (nSPS) is 12.4. The van der Waals surface area contributed by atoms with E-state index in [2.05, 4.69) is 109 Å². The predicted molar refractivity (Wildman–Crippen MR) is 161 cm³/mol. The maximum Gasteiger partial charge on any atom is 0.136 e. The molecule has 2 heterocycles. The molecule has 0 fully saturated rings. The highest BCUT2D eigenvalue weighted by Gasteiger charge is 2.20. The number of aromatic nitrogens is 1. The fourth-order valence-corrected chi connectivity index (χ4v) is 6.00. The monoisotopic (exact) mass is 499 g/mol. The summed E-state index contributed by atoms with van der Waals surface area (Å²) in [5.74, 6) is 0. The van der Waals surface area contributed by atoms with Crippen molar-refractivity contribution in [2.45, 2.75) is 12.8 Å². The van der Waals surface area contributed by atoms with Gasteiger partial charge in [-0.1, -0.05) is 97.1 Å². The molecule has 2 nitrogen and oxygen atoms in total. The first kappa shape index (κ1) is 22.1. The largest absolute Gasteiger partial charge is 0.456 e. The van der Waals surface area contributed by atoms with Crippen LogP contribution in [-0.2, 0) is 12.8 Å². The van der Waals surface area contributed by atoms with Gasteiger partial charge in [-0.3, -0.25) is 0 Å². The Morgan fingerprint density at radius 3 is 1.79 bits per heavy atom. The molecule has 0 saturated carbocycles. The molecule has 0 spiro atoms. The van der Waals surface area contributed by atoms with Crippen LogP contribution in [0.2, 0.25) is 0 Å². The Morgan fingerprint density at radius 1 is 0.436 bits per heavy atom. The van der Waals surface area contributed by atoms with Crippen molar-refractivity contribution in [1.82, 2.24) is 4.98 Å². The van der Waals surface area contributed by atoms with E-state index in [0.29, 0.717) is 0 Å². The number of benzene rings is 5. The third-order valence-corrected chi connectivity index (χ3v) is 7.96. The van der Waals surface area contributed by atoms with Gasteiger partial charge in [-0.15, -0.1) is 0 Å². The summed E-state index contributed by atoms with van der Waals surface area (Å²) in [4.78, 5) is 5.05. The first-order chi connectivity index (χ1) is 19.3. The van der Waals surface area contributed by atoms with E-state index < -0.39 is 0 Å². The number of furan rings is 1. The van der Waals surface area contributed by atoms with Crippen molar-refractivity contribution in [2.24, 2.45) is 0 Å². The second-order valence-electron chi connectivity index (χ2n) is 10.3. The zero-order valence-corrected chi connectivity index (χ0v) is 21.4. The Morgan fingerprint density at radius 2 is 1.08 bits per heavy atom. The fraction of sp³-hybridized carbons (Fsp3) is 0.0541. The Labute approximate surface area is 227 Å². The van der Waals surface area contributed by atoms with E-state index in [-0.39, 0.29) is 0 Å². The van der Waals surface area contributed by atoms with E-state index in [0.717, 1.165) is 46.5 Å². The lowest BCUT2D eigenvalue weighted by Crippen LogP contribution is -2.04. The van der Waals surface area contributed by atoms with Crippen LogP contribution in [0.3, 0.4) is 0 Å². The highest BCUT2D eigenvalue weighted by molar-refractivity contribution is 6.06. The maximum absolute atomic E-state index is 6.23. The van der Waals surface area contributed by atoms with Crippen LogP contribution in [0.5, 0.6) is 0 Å². The van der Waals surface area contributed by atoms with Gasteiger partial charge in [0, 0.05) is 21.9 Å². The van der Waals surface area contributed by atoms with Gasteiger partial charge in [0.05, 0.1) is 11.4 Å². The third-order valence-electron chi connectivity index (χ3n) is 7.96. The Kier molecular flexibility index (Phi) is 4.99. The molecule has 0 radical (unpaired) electrons. The molecule has 0 aliphatic heterocycles. The minimum Gasteiger partial charge on any atom is -0.456 e. The molecule has 0 bridgehead atoms. The number of hydrogen-bond donors (Lipinski definition) is 0. The molecule has 0 saturated heterocycles. The minimum absolute atomic E-state index is 0.951. The van der Waals surface area contributed by atoms with Crippen molar-refractivity contribution in [3.05, 3.63) is 139 Å². The number of fused-ring (bicyclic) bond motifs is 6. The molecular formula is C37H25NO. The topological polar surface area (TPSA) is 26.0 Å². The summed E-state index contributed by atoms with van der Waals surface area (Å²) in [6, 6.07) is 45.2. The van der Waals surface area contributed by atoms with Crippen molar-refractivity contribution < 1.29 is 4.42 Å². The molecule has 0 amide bonds. The van der Waals surface area contributed by atoms with E-state index in [4.69, 9.17) is 9.40 Å². The Balaban J connectivity index is 1.26. The molecule has 8 rings (SSSR count). The van der Waals surface area contributed by atoms with E-state index in [9.17, 15) is 0 Å². The predicted octanol–water partition coefficient (Wildman–Crippen LogP) is 9.75. The van der Waals surface area contributed by atoms with Gasteiger partial charge < -0.3 is 4.42 Å². The molecule has 0 unspecified atom stereocenters. The van der Waals surface area contributed by atoms with E-state index in [1.165, 1.54) is 44.2 Å². The quantitative estimate of drug-likeness (QED) is 0.242. The lowest BCUT2D eigenvalue weighted by molar-refractivity contribution is 0.669. The average Bonchev–Trinajstić information content (AvgIpc) is 3.38. The van der Waals surface area contributed by atoms with Crippen LogP contribution in [-0.4, -0.2) is 4.98 Å². The summed E-state index contributed by atoms with van der Waals surface area (Å²) >= 11 is 0. The maximum atomic E-state index is 6.23. The van der Waals surface area contributed by atoms with Crippen LogP contribution in [0.25, 0.3) is 66.7 Å². The van der Waals surface area contributed by atoms with Crippen molar-refractivity contribution in [3.8, 4) is 44.8 Å². The van der Waals surface area contributed by atoms with Gasteiger partial charge in [-0.25, -0.2) is 4.98 Å². The van der Waals surface area contributed by atoms with Crippen molar-refractivity contribution in [1.29, 1.82) is 0 Å². The summed E-state index contributed by atoms with van der Waals surface area (Å²) in [6.45, 7) is 0. The van der Waals surface area contributed by atoms with E-state index in [1.54, 1.807) is 0 Å². The molecule has 39 heavy (non-hydrogen) atoms. The molecule has 1 aliphatic carbocycles. The lowest BCUT2D eigenvalue weighted by atomic mass is 9.83. The number of rotatable bonds is 3. The minimum atomic E-state index is 0.951. The SMILES string of the molecule is c1ccc(-c2cc(-c3ccc4c(c3)CCc3cc5c(cc3-4)oc3ccccc35)cc(-c3ccccc3)n2)cc1. The lowest BCUT2D eigenvalue weighted by Gasteiger charge is -2.21. The molecule has 0 N–H and O–H groups in total. The highest BCUT2D eigenvalue weighted by atomic mass is 16.3. The van der Waals surface area contributed by atoms with Crippen molar-refractivity contribution in [2.75, 3.05) is 0 Å². The molecule has 2 heteroatoms. The highest BCUT2D eigenvalue weighted by Crippen LogP contribution is 2.41. The molecular weight excluding hydrogens is 474 g/mol. The summed E-state index contributed by atoms with van der Waals surface area (Å²) in [6.07, 6.45) is 2.06. The average molecular weight is 500 g/mol. The molecule has 184 valence electrons. The van der Waals surface area contributed by atoms with E-state index >= 15 is 0 Å². The van der Waals surface area contributed by atoms with Gasteiger partial charge in [0.15, 0.2) is 0 Å². The van der Waals surface area contributed by atoms with Gasteiger partial charge >= 0.3 is 0 Å². The molecule has 5 aromatic carbocycles. The zero-order valence-electron chi connectivity index (χ0n) is 21.4. The smallest absolute Gasteiger partial charge is 0.136 e. The van der Waals surface area contributed by atoms with Crippen LogP contribution in [0.4, 0.5) is 0 Å². The van der Waals surface area contributed by atoms with Crippen LogP contribution < -0.4 is 0 Å². The zero-order chi connectivity index (χ0) is 25.8. The van der Waals surface area contributed by atoms with Gasteiger partial charge in [0.2, 0.25) is 0 Å². The Bertz CT molecular complexity index is 1940. The first-order valence-electron chi connectivity index (χ1n) is 13.5. The van der Waals surface area contributed by atoms with Crippen LogP contribution in [0.1, 0.15) is 11.1 Å². The number of nitrogens with zero attached hydrogens (tertiary/aromatic N) is 1. The summed E-state index contributed by atoms with van der Waals surface area (Å²) in [5.41, 5.74) is 13.9. The summed E-state index contributed by atoms with van der Waals surface area (Å²) in [5, 5.41) is 2.40. The first-order valence-corrected chi connectivity index (χ1v) is 13.5. The fourth-order valence-electron chi connectivity index (χ4n) is 6.00.